The molecule has 0 radical (unpaired) electrons. The summed E-state index contributed by atoms with van der Waals surface area (Å²) in [6, 6.07) is 7.99. The zero-order valence-corrected chi connectivity index (χ0v) is 18.2. The SMILES string of the molecule is CC(=O)Nc1cc2nc(C)c(-c3ccc(F)c(NC(=O)NC4CCCCC4)c3)cc2cn1. The van der Waals surface area contributed by atoms with Gasteiger partial charge in [0.25, 0.3) is 0 Å². The van der Waals surface area contributed by atoms with Gasteiger partial charge in [0.15, 0.2) is 0 Å². The first-order chi connectivity index (χ1) is 15.4. The molecule has 2 heterocycles. The molecule has 1 saturated carbocycles. The maximum Gasteiger partial charge on any atom is 0.319 e. The van der Waals surface area contributed by atoms with Crippen LogP contribution in [-0.4, -0.2) is 27.9 Å². The molecule has 4 rings (SSSR count). The number of amides is 3. The lowest BCUT2D eigenvalue weighted by Gasteiger charge is -2.23. The van der Waals surface area contributed by atoms with Crippen molar-refractivity contribution in [3.63, 3.8) is 0 Å². The molecular weight excluding hydrogens is 409 g/mol. The molecule has 1 fully saturated rings. The van der Waals surface area contributed by atoms with Crippen LogP contribution >= 0.6 is 0 Å². The third-order valence-electron chi connectivity index (χ3n) is 5.66. The fraction of sp³-hybridized carbons (Fsp3) is 0.333. The Labute approximate surface area is 185 Å². The third-order valence-corrected chi connectivity index (χ3v) is 5.66. The first kappa shape index (κ1) is 21.7. The van der Waals surface area contributed by atoms with Crippen LogP contribution in [0.1, 0.15) is 44.7 Å². The van der Waals surface area contributed by atoms with Crippen molar-refractivity contribution in [3.8, 4) is 11.1 Å². The summed E-state index contributed by atoms with van der Waals surface area (Å²) in [5.74, 6) is -0.272. The van der Waals surface area contributed by atoms with E-state index >= 15 is 0 Å². The third kappa shape index (κ3) is 5.01. The number of aryl methyl sites for hydroxylation is 1. The number of anilines is 2. The summed E-state index contributed by atoms with van der Waals surface area (Å²) in [5.41, 5.74) is 3.09. The average molecular weight is 436 g/mol. The van der Waals surface area contributed by atoms with Crippen LogP contribution < -0.4 is 16.0 Å². The maximum absolute atomic E-state index is 14.4. The topological polar surface area (TPSA) is 96.0 Å². The van der Waals surface area contributed by atoms with Gasteiger partial charge in [-0.25, -0.2) is 14.2 Å². The Morgan fingerprint density at radius 3 is 2.59 bits per heavy atom. The molecule has 1 aliphatic carbocycles. The van der Waals surface area contributed by atoms with E-state index < -0.39 is 11.8 Å². The van der Waals surface area contributed by atoms with Gasteiger partial charge in [0.1, 0.15) is 11.6 Å². The minimum atomic E-state index is -0.499. The molecule has 32 heavy (non-hydrogen) atoms. The summed E-state index contributed by atoms with van der Waals surface area (Å²) in [5, 5.41) is 9.02. The van der Waals surface area contributed by atoms with Gasteiger partial charge in [-0.15, -0.1) is 0 Å². The fourth-order valence-electron chi connectivity index (χ4n) is 4.08. The van der Waals surface area contributed by atoms with Crippen LogP contribution in [0.15, 0.2) is 36.5 Å². The van der Waals surface area contributed by atoms with Gasteiger partial charge >= 0.3 is 6.03 Å². The summed E-state index contributed by atoms with van der Waals surface area (Å²) < 4.78 is 14.4. The number of hydrogen-bond donors (Lipinski definition) is 3. The molecule has 8 heteroatoms. The number of urea groups is 1. The molecule has 166 valence electrons. The Balaban J connectivity index is 1.58. The smallest absolute Gasteiger partial charge is 0.319 e. The van der Waals surface area contributed by atoms with Crippen molar-refractivity contribution < 1.29 is 14.0 Å². The van der Waals surface area contributed by atoms with Crippen LogP contribution in [0.3, 0.4) is 0 Å². The predicted octanol–water partition coefficient (Wildman–Crippen LogP) is 5.16. The molecule has 3 amide bonds. The van der Waals surface area contributed by atoms with Gasteiger partial charge in [-0.3, -0.25) is 9.78 Å². The van der Waals surface area contributed by atoms with E-state index in [1.165, 1.54) is 19.4 Å². The summed E-state index contributed by atoms with van der Waals surface area (Å²) in [6.45, 7) is 3.28. The second-order valence-electron chi connectivity index (χ2n) is 8.19. The second kappa shape index (κ2) is 9.30. The molecule has 0 atom stereocenters. The molecule has 0 unspecified atom stereocenters. The summed E-state index contributed by atoms with van der Waals surface area (Å²) >= 11 is 0. The normalized spacial score (nSPS) is 14.2. The van der Waals surface area contributed by atoms with Gasteiger partial charge in [0.05, 0.1) is 11.2 Å². The van der Waals surface area contributed by atoms with Gasteiger partial charge < -0.3 is 16.0 Å². The average Bonchev–Trinajstić information content (AvgIpc) is 2.75. The van der Waals surface area contributed by atoms with E-state index in [9.17, 15) is 14.0 Å². The molecule has 3 N–H and O–H groups in total. The van der Waals surface area contributed by atoms with Gasteiger partial charge in [-0.05, 0) is 43.5 Å². The lowest BCUT2D eigenvalue weighted by molar-refractivity contribution is -0.114. The van der Waals surface area contributed by atoms with Crippen LogP contribution in [0.2, 0.25) is 0 Å². The van der Waals surface area contributed by atoms with Gasteiger partial charge in [-0.2, -0.15) is 0 Å². The quantitative estimate of drug-likeness (QED) is 0.528. The van der Waals surface area contributed by atoms with E-state index in [4.69, 9.17) is 0 Å². The van der Waals surface area contributed by atoms with Gasteiger partial charge in [0.2, 0.25) is 5.91 Å². The zero-order valence-electron chi connectivity index (χ0n) is 18.2. The highest BCUT2D eigenvalue weighted by Crippen LogP contribution is 2.30. The molecule has 0 aliphatic heterocycles. The molecule has 2 aromatic heterocycles. The van der Waals surface area contributed by atoms with Crippen LogP contribution in [0.25, 0.3) is 22.0 Å². The summed E-state index contributed by atoms with van der Waals surface area (Å²) in [7, 11) is 0. The number of fused-ring (bicyclic) bond motifs is 1. The molecule has 0 bridgehead atoms. The van der Waals surface area contributed by atoms with E-state index in [2.05, 4.69) is 25.9 Å². The van der Waals surface area contributed by atoms with E-state index in [1.807, 2.05) is 13.0 Å². The number of nitrogens with one attached hydrogen (secondary N) is 3. The first-order valence-electron chi connectivity index (χ1n) is 10.8. The van der Waals surface area contributed by atoms with Crippen LogP contribution in [0.4, 0.5) is 20.7 Å². The Hall–Kier alpha value is -3.55. The molecule has 1 aromatic carbocycles. The van der Waals surface area contributed by atoms with Crippen molar-refractivity contribution in [3.05, 3.63) is 48.0 Å². The molecule has 7 nitrogen and oxygen atoms in total. The van der Waals surface area contributed by atoms with E-state index in [0.29, 0.717) is 11.3 Å². The summed E-state index contributed by atoms with van der Waals surface area (Å²) in [6.07, 6.45) is 6.94. The standard InChI is InChI=1S/C24H26FN5O2/c1-14-19(10-17-13-26-23(28-15(2)31)12-21(17)27-14)16-8-9-20(25)22(11-16)30-24(32)29-18-6-4-3-5-7-18/h8-13,18H,3-7H2,1-2H3,(H,26,28,31)(H2,29,30,32). The van der Waals surface area contributed by atoms with Crippen molar-refractivity contribution in [2.24, 2.45) is 0 Å². The molecule has 3 aromatic rings. The van der Waals surface area contributed by atoms with Crippen LogP contribution in [0.5, 0.6) is 0 Å². The molecule has 1 aliphatic rings. The minimum Gasteiger partial charge on any atom is -0.335 e. The number of carbonyl (C=O) groups excluding carboxylic acids is 2. The van der Waals surface area contributed by atoms with Crippen LogP contribution in [-0.2, 0) is 4.79 Å². The van der Waals surface area contributed by atoms with Crippen molar-refractivity contribution in [2.45, 2.75) is 52.0 Å². The first-order valence-corrected chi connectivity index (χ1v) is 10.8. The molecule has 0 saturated heterocycles. The van der Waals surface area contributed by atoms with Gasteiger partial charge in [0, 0.05) is 41.9 Å². The Bertz CT molecular complexity index is 1170. The highest BCUT2D eigenvalue weighted by molar-refractivity contribution is 5.93. The molecule has 0 spiro atoms. The Morgan fingerprint density at radius 1 is 1.06 bits per heavy atom. The highest BCUT2D eigenvalue weighted by Gasteiger charge is 2.17. The monoisotopic (exact) mass is 435 g/mol. The number of halogens is 1. The van der Waals surface area contributed by atoms with Crippen molar-refractivity contribution in [2.75, 3.05) is 10.6 Å². The van der Waals surface area contributed by atoms with Crippen LogP contribution in [0, 0.1) is 12.7 Å². The van der Waals surface area contributed by atoms with Crippen molar-refractivity contribution in [1.82, 2.24) is 15.3 Å². The predicted molar refractivity (Wildman–Crippen MR) is 123 cm³/mol. The fourth-order valence-corrected chi connectivity index (χ4v) is 4.08. The maximum atomic E-state index is 14.4. The second-order valence-corrected chi connectivity index (χ2v) is 8.19. The van der Waals surface area contributed by atoms with Crippen molar-refractivity contribution >= 4 is 34.3 Å². The number of nitrogens with zero attached hydrogens (tertiary/aromatic N) is 2. The van der Waals surface area contributed by atoms with Gasteiger partial charge in [-0.1, -0.05) is 25.3 Å². The number of rotatable bonds is 4. The van der Waals surface area contributed by atoms with E-state index in [1.54, 1.807) is 24.4 Å². The number of benzene rings is 1. The lowest BCUT2D eigenvalue weighted by atomic mass is 9.96. The van der Waals surface area contributed by atoms with Crippen molar-refractivity contribution in [1.29, 1.82) is 0 Å². The Morgan fingerprint density at radius 2 is 1.84 bits per heavy atom. The van der Waals surface area contributed by atoms with E-state index in [-0.39, 0.29) is 17.6 Å². The number of hydrogen-bond acceptors (Lipinski definition) is 4. The number of carbonyl (C=O) groups is 2. The largest absolute Gasteiger partial charge is 0.335 e. The highest BCUT2D eigenvalue weighted by atomic mass is 19.1. The number of pyridine rings is 2. The number of aromatic nitrogens is 2. The Kier molecular flexibility index (Phi) is 6.30. The summed E-state index contributed by atoms with van der Waals surface area (Å²) in [4.78, 5) is 32.5. The lowest BCUT2D eigenvalue weighted by Crippen LogP contribution is -2.39. The minimum absolute atomic E-state index is 0.120. The zero-order chi connectivity index (χ0) is 22.7. The molecular formula is C24H26FN5O2. The van der Waals surface area contributed by atoms with E-state index in [0.717, 1.165) is 47.9 Å².